The Morgan fingerprint density at radius 1 is 1.30 bits per heavy atom. The monoisotopic (exact) mass is 297 g/mol. The van der Waals surface area contributed by atoms with E-state index in [0.717, 1.165) is 31.2 Å². The highest BCUT2D eigenvalue weighted by atomic mass is 32.2. The molecule has 5 heteroatoms. The van der Waals surface area contributed by atoms with Crippen LogP contribution in [0.5, 0.6) is 0 Å². The highest BCUT2D eigenvalue weighted by molar-refractivity contribution is 7.89. The van der Waals surface area contributed by atoms with Crippen molar-refractivity contribution in [2.75, 3.05) is 6.54 Å². The maximum atomic E-state index is 12.1. The predicted molar refractivity (Wildman–Crippen MR) is 79.0 cm³/mol. The SMILES string of the molecule is CCCc1ccc(S(=O)(=O)NCCC(O)C2CC2)cc1. The molecule has 1 aromatic carbocycles. The van der Waals surface area contributed by atoms with Crippen molar-refractivity contribution < 1.29 is 13.5 Å². The maximum Gasteiger partial charge on any atom is 0.240 e. The van der Waals surface area contributed by atoms with Gasteiger partial charge in [-0.25, -0.2) is 13.1 Å². The van der Waals surface area contributed by atoms with E-state index in [1.165, 1.54) is 0 Å². The summed E-state index contributed by atoms with van der Waals surface area (Å²) in [5, 5.41) is 9.72. The van der Waals surface area contributed by atoms with Crippen LogP contribution in [0.2, 0.25) is 0 Å². The smallest absolute Gasteiger partial charge is 0.240 e. The minimum atomic E-state index is -3.45. The fraction of sp³-hybridized carbons (Fsp3) is 0.600. The van der Waals surface area contributed by atoms with Crippen LogP contribution in [0.1, 0.15) is 38.2 Å². The molecule has 0 amide bonds. The molecule has 1 saturated carbocycles. The summed E-state index contributed by atoms with van der Waals surface area (Å²) < 4.78 is 26.7. The van der Waals surface area contributed by atoms with E-state index in [9.17, 15) is 13.5 Å². The number of sulfonamides is 1. The van der Waals surface area contributed by atoms with Gasteiger partial charge >= 0.3 is 0 Å². The van der Waals surface area contributed by atoms with Crippen LogP contribution in [0.3, 0.4) is 0 Å². The van der Waals surface area contributed by atoms with E-state index in [2.05, 4.69) is 11.6 Å². The summed E-state index contributed by atoms with van der Waals surface area (Å²) in [6, 6.07) is 7.00. The second kappa shape index (κ2) is 6.70. The molecule has 1 aliphatic carbocycles. The third-order valence-corrected chi connectivity index (χ3v) is 5.15. The van der Waals surface area contributed by atoms with Gasteiger partial charge < -0.3 is 5.11 Å². The van der Waals surface area contributed by atoms with E-state index in [1.54, 1.807) is 12.1 Å². The Morgan fingerprint density at radius 2 is 1.95 bits per heavy atom. The Kier molecular flexibility index (Phi) is 5.18. The van der Waals surface area contributed by atoms with Gasteiger partial charge in [0.05, 0.1) is 11.0 Å². The number of hydrogen-bond donors (Lipinski definition) is 2. The van der Waals surface area contributed by atoms with Gasteiger partial charge in [-0.15, -0.1) is 0 Å². The molecule has 2 rings (SSSR count). The van der Waals surface area contributed by atoms with Crippen LogP contribution in [0.15, 0.2) is 29.2 Å². The Morgan fingerprint density at radius 3 is 2.50 bits per heavy atom. The molecule has 4 nitrogen and oxygen atoms in total. The summed E-state index contributed by atoms with van der Waals surface area (Å²) in [6.45, 7) is 2.38. The molecule has 0 radical (unpaired) electrons. The third kappa shape index (κ3) is 4.30. The predicted octanol–water partition coefficient (Wildman–Crippen LogP) is 2.08. The Hall–Kier alpha value is -0.910. The van der Waals surface area contributed by atoms with Crippen molar-refractivity contribution in [3.05, 3.63) is 29.8 Å². The summed E-state index contributed by atoms with van der Waals surface area (Å²) in [7, 11) is -3.45. The van der Waals surface area contributed by atoms with E-state index in [1.807, 2.05) is 12.1 Å². The summed E-state index contributed by atoms with van der Waals surface area (Å²) in [5.41, 5.74) is 1.15. The van der Waals surface area contributed by atoms with Crippen LogP contribution < -0.4 is 4.72 Å². The van der Waals surface area contributed by atoms with Crippen LogP contribution in [0.25, 0.3) is 0 Å². The van der Waals surface area contributed by atoms with Crippen LogP contribution in [-0.2, 0) is 16.4 Å². The number of hydrogen-bond acceptors (Lipinski definition) is 3. The molecule has 0 aliphatic heterocycles. The van der Waals surface area contributed by atoms with E-state index >= 15 is 0 Å². The van der Waals surface area contributed by atoms with Gasteiger partial charge in [0, 0.05) is 6.54 Å². The normalized spacial score (nSPS) is 17.1. The molecule has 1 aromatic rings. The van der Waals surface area contributed by atoms with Gasteiger partial charge in [0.15, 0.2) is 0 Å². The molecule has 2 N–H and O–H groups in total. The van der Waals surface area contributed by atoms with Gasteiger partial charge in [-0.05, 0) is 49.3 Å². The molecule has 1 atom stereocenters. The Labute approximate surface area is 121 Å². The average molecular weight is 297 g/mol. The van der Waals surface area contributed by atoms with Gasteiger partial charge in [0.2, 0.25) is 10.0 Å². The van der Waals surface area contributed by atoms with Crippen LogP contribution in [0.4, 0.5) is 0 Å². The fourth-order valence-corrected chi connectivity index (χ4v) is 3.31. The first-order chi connectivity index (χ1) is 9.53. The number of aliphatic hydroxyl groups is 1. The summed E-state index contributed by atoms with van der Waals surface area (Å²) in [5.74, 6) is 0.382. The lowest BCUT2D eigenvalue weighted by atomic mass is 10.1. The zero-order valence-corrected chi connectivity index (χ0v) is 12.7. The van der Waals surface area contributed by atoms with E-state index < -0.39 is 10.0 Å². The first-order valence-electron chi connectivity index (χ1n) is 7.29. The number of aliphatic hydroxyl groups excluding tert-OH is 1. The van der Waals surface area contributed by atoms with E-state index in [0.29, 0.717) is 17.2 Å². The van der Waals surface area contributed by atoms with Gasteiger partial charge in [-0.1, -0.05) is 25.5 Å². The number of benzene rings is 1. The third-order valence-electron chi connectivity index (χ3n) is 3.67. The molecule has 1 aliphatic rings. The second-order valence-electron chi connectivity index (χ2n) is 5.49. The summed E-state index contributed by atoms with van der Waals surface area (Å²) in [4.78, 5) is 0.290. The second-order valence-corrected chi connectivity index (χ2v) is 7.25. The molecule has 0 heterocycles. The first-order valence-corrected chi connectivity index (χ1v) is 8.78. The lowest BCUT2D eigenvalue weighted by molar-refractivity contribution is 0.143. The highest BCUT2D eigenvalue weighted by Gasteiger charge is 2.29. The highest BCUT2D eigenvalue weighted by Crippen LogP contribution is 2.33. The average Bonchev–Trinajstić information content (AvgIpc) is 3.24. The lowest BCUT2D eigenvalue weighted by Gasteiger charge is -2.11. The lowest BCUT2D eigenvalue weighted by Crippen LogP contribution is -2.27. The van der Waals surface area contributed by atoms with Gasteiger partial charge in [-0.2, -0.15) is 0 Å². The van der Waals surface area contributed by atoms with Crippen molar-refractivity contribution in [3.8, 4) is 0 Å². The molecule has 0 bridgehead atoms. The molecule has 112 valence electrons. The maximum absolute atomic E-state index is 12.1. The van der Waals surface area contributed by atoms with Crippen molar-refractivity contribution in [2.45, 2.75) is 50.0 Å². The van der Waals surface area contributed by atoms with Crippen LogP contribution >= 0.6 is 0 Å². The number of aryl methyl sites for hydroxylation is 1. The van der Waals surface area contributed by atoms with Crippen molar-refractivity contribution in [3.63, 3.8) is 0 Å². The molecular formula is C15H23NO3S. The molecular weight excluding hydrogens is 274 g/mol. The minimum Gasteiger partial charge on any atom is -0.393 e. The first kappa shape index (κ1) is 15.5. The molecule has 1 fully saturated rings. The molecule has 0 aromatic heterocycles. The number of nitrogens with one attached hydrogen (secondary N) is 1. The van der Waals surface area contributed by atoms with Crippen molar-refractivity contribution in [1.29, 1.82) is 0 Å². The standard InChI is InChI=1S/C15H23NO3S/c1-2-3-12-4-8-14(9-5-12)20(18,19)16-11-10-15(17)13-6-7-13/h4-5,8-9,13,15-17H,2-3,6-7,10-11H2,1H3. The molecule has 1 unspecified atom stereocenters. The van der Waals surface area contributed by atoms with E-state index in [-0.39, 0.29) is 12.6 Å². The summed E-state index contributed by atoms with van der Waals surface area (Å²) in [6.07, 6.45) is 4.24. The largest absolute Gasteiger partial charge is 0.393 e. The Balaban J connectivity index is 1.88. The van der Waals surface area contributed by atoms with Gasteiger partial charge in [0.25, 0.3) is 0 Å². The van der Waals surface area contributed by atoms with Crippen molar-refractivity contribution >= 4 is 10.0 Å². The molecule has 0 spiro atoms. The zero-order valence-electron chi connectivity index (χ0n) is 11.9. The van der Waals surface area contributed by atoms with Crippen LogP contribution in [0, 0.1) is 5.92 Å². The topological polar surface area (TPSA) is 66.4 Å². The molecule has 0 saturated heterocycles. The van der Waals surface area contributed by atoms with Crippen molar-refractivity contribution in [1.82, 2.24) is 4.72 Å². The fourth-order valence-electron chi connectivity index (χ4n) is 2.27. The quantitative estimate of drug-likeness (QED) is 0.772. The van der Waals surface area contributed by atoms with Gasteiger partial charge in [-0.3, -0.25) is 0 Å². The Bertz CT molecular complexity index is 521. The zero-order chi connectivity index (χ0) is 14.6. The van der Waals surface area contributed by atoms with Gasteiger partial charge in [0.1, 0.15) is 0 Å². The van der Waals surface area contributed by atoms with Crippen LogP contribution in [-0.4, -0.2) is 26.2 Å². The molecule has 20 heavy (non-hydrogen) atoms. The summed E-state index contributed by atoms with van der Waals surface area (Å²) >= 11 is 0. The number of rotatable bonds is 8. The van der Waals surface area contributed by atoms with E-state index in [4.69, 9.17) is 0 Å². The van der Waals surface area contributed by atoms with Crippen molar-refractivity contribution in [2.24, 2.45) is 5.92 Å². The minimum absolute atomic E-state index is 0.288.